The first-order valence-electron chi connectivity index (χ1n) is 12.5. The number of nitrogens with two attached hydrogens (primary N) is 1. The second-order valence-corrected chi connectivity index (χ2v) is 10.6. The number of ether oxygens (including phenoxy) is 3. The predicted octanol–water partition coefficient (Wildman–Crippen LogP) is 3.70. The van der Waals surface area contributed by atoms with Gasteiger partial charge in [-0.25, -0.2) is 14.6 Å². The molecule has 10 heteroatoms. The molecule has 1 atom stereocenters. The summed E-state index contributed by atoms with van der Waals surface area (Å²) in [5, 5.41) is 0.788. The van der Waals surface area contributed by atoms with Crippen molar-refractivity contribution < 1.29 is 28.6 Å². The van der Waals surface area contributed by atoms with Gasteiger partial charge in [0.15, 0.2) is 0 Å². The minimum Gasteiger partial charge on any atom is -0.457 e. The molecule has 1 aromatic carbocycles. The Morgan fingerprint density at radius 1 is 1.16 bits per heavy atom. The molecule has 2 aliphatic rings. The van der Waals surface area contributed by atoms with Crippen molar-refractivity contribution in [1.82, 2.24) is 9.55 Å². The van der Waals surface area contributed by atoms with Crippen molar-refractivity contribution in [2.75, 3.05) is 0 Å². The van der Waals surface area contributed by atoms with Crippen molar-refractivity contribution in [3.8, 4) is 17.1 Å². The third-order valence-corrected chi connectivity index (χ3v) is 7.20. The Morgan fingerprint density at radius 3 is 2.53 bits per heavy atom. The van der Waals surface area contributed by atoms with Crippen molar-refractivity contribution in [1.29, 1.82) is 0 Å². The van der Waals surface area contributed by atoms with E-state index in [1.54, 1.807) is 56.5 Å². The molecule has 0 radical (unpaired) electrons. The van der Waals surface area contributed by atoms with E-state index in [9.17, 15) is 19.2 Å². The molecule has 2 N–H and O–H groups in total. The first-order chi connectivity index (χ1) is 17.9. The van der Waals surface area contributed by atoms with Crippen LogP contribution in [-0.2, 0) is 44.2 Å². The average Bonchev–Trinajstić information content (AvgIpc) is 3.22. The van der Waals surface area contributed by atoms with Crippen LogP contribution in [0.2, 0.25) is 0 Å². The van der Waals surface area contributed by atoms with Gasteiger partial charge in [-0.2, -0.15) is 0 Å². The lowest BCUT2D eigenvalue weighted by Crippen LogP contribution is -2.48. The largest absolute Gasteiger partial charge is 0.457 e. The number of esters is 2. The van der Waals surface area contributed by atoms with Gasteiger partial charge < -0.3 is 24.5 Å². The SMILES string of the molecule is CCc1c2c(nc3ccc(OC(N)=O)cc13)-c1cc3c(c(=O)n1C2)COC(=O)[C@@]3(CC)OC(=O)C(C)(C)C. The molecule has 5 rings (SSSR count). The van der Waals surface area contributed by atoms with Crippen molar-refractivity contribution in [3.63, 3.8) is 0 Å². The van der Waals surface area contributed by atoms with Crippen LogP contribution < -0.4 is 16.0 Å². The van der Waals surface area contributed by atoms with Gasteiger partial charge >= 0.3 is 18.0 Å². The Labute approximate surface area is 218 Å². The second-order valence-electron chi connectivity index (χ2n) is 10.6. The highest BCUT2D eigenvalue weighted by Crippen LogP contribution is 2.43. The number of aryl methyl sites for hydroxylation is 1. The Kier molecular flexibility index (Phi) is 5.81. The van der Waals surface area contributed by atoms with Crippen LogP contribution in [0.5, 0.6) is 5.75 Å². The topological polar surface area (TPSA) is 140 Å². The molecule has 4 heterocycles. The predicted molar refractivity (Wildman–Crippen MR) is 137 cm³/mol. The summed E-state index contributed by atoms with van der Waals surface area (Å²) in [7, 11) is 0. The molecule has 0 fully saturated rings. The quantitative estimate of drug-likeness (QED) is 0.403. The van der Waals surface area contributed by atoms with Crippen LogP contribution in [-0.4, -0.2) is 27.6 Å². The maximum atomic E-state index is 13.8. The van der Waals surface area contributed by atoms with Crippen LogP contribution in [0.4, 0.5) is 4.79 Å². The van der Waals surface area contributed by atoms with Gasteiger partial charge in [0, 0.05) is 16.5 Å². The molecule has 0 unspecified atom stereocenters. The first-order valence-corrected chi connectivity index (χ1v) is 12.5. The maximum absolute atomic E-state index is 13.8. The summed E-state index contributed by atoms with van der Waals surface area (Å²) in [6.45, 7) is 8.88. The van der Waals surface area contributed by atoms with Crippen LogP contribution in [0.3, 0.4) is 0 Å². The molecular weight excluding hydrogens is 490 g/mol. The van der Waals surface area contributed by atoms with E-state index >= 15 is 0 Å². The minimum atomic E-state index is -1.74. The van der Waals surface area contributed by atoms with Gasteiger partial charge in [0.05, 0.1) is 34.4 Å². The Morgan fingerprint density at radius 2 is 1.89 bits per heavy atom. The van der Waals surface area contributed by atoms with Gasteiger partial charge in [0.25, 0.3) is 5.56 Å². The minimum absolute atomic E-state index is 0.102. The maximum Gasteiger partial charge on any atom is 0.409 e. The van der Waals surface area contributed by atoms with Crippen molar-refractivity contribution in [3.05, 3.63) is 56.9 Å². The van der Waals surface area contributed by atoms with Crippen LogP contribution in [0.15, 0.2) is 29.1 Å². The first kappa shape index (κ1) is 25.4. The second kappa shape index (κ2) is 8.68. The van der Waals surface area contributed by atoms with E-state index in [2.05, 4.69) is 0 Å². The molecule has 2 aliphatic heterocycles. The Bertz CT molecular complexity index is 1600. The standard InChI is InChI=1S/C28H29N3O7/c1-6-15-16-10-14(37-26(29)35)8-9-20(16)30-22-17(15)12-31-21(22)11-19-18(23(31)32)13-36-25(34)28(19,7-2)38-24(33)27(3,4)5/h8-11H,6-7,12-13H2,1-5H3,(H2,29,35)/t28-/m0/s1. The number of nitrogens with zero attached hydrogens (tertiary/aromatic N) is 2. The summed E-state index contributed by atoms with van der Waals surface area (Å²) in [6.07, 6.45) is -0.179. The summed E-state index contributed by atoms with van der Waals surface area (Å²) in [5.41, 5.74) is 6.49. The van der Waals surface area contributed by atoms with E-state index in [4.69, 9.17) is 24.9 Å². The average molecular weight is 520 g/mol. The summed E-state index contributed by atoms with van der Waals surface area (Å²) >= 11 is 0. The zero-order valence-electron chi connectivity index (χ0n) is 22.0. The van der Waals surface area contributed by atoms with E-state index in [1.807, 2.05) is 6.92 Å². The lowest BCUT2D eigenvalue weighted by atomic mass is 9.84. The molecule has 198 valence electrons. The fourth-order valence-electron chi connectivity index (χ4n) is 5.19. The molecular formula is C28H29N3O7. The van der Waals surface area contributed by atoms with Crippen LogP contribution in [0.25, 0.3) is 22.3 Å². The number of amides is 1. The zero-order chi connectivity index (χ0) is 27.6. The molecule has 0 saturated carbocycles. The molecule has 0 saturated heterocycles. The van der Waals surface area contributed by atoms with E-state index in [1.165, 1.54) is 0 Å². The third-order valence-electron chi connectivity index (χ3n) is 7.20. The van der Waals surface area contributed by atoms with Gasteiger partial charge in [0.1, 0.15) is 12.4 Å². The lowest BCUT2D eigenvalue weighted by molar-refractivity contribution is -0.194. The van der Waals surface area contributed by atoms with E-state index in [0.29, 0.717) is 34.6 Å². The van der Waals surface area contributed by atoms with E-state index in [-0.39, 0.29) is 30.7 Å². The summed E-state index contributed by atoms with van der Waals surface area (Å²) in [4.78, 5) is 56.0. The third kappa shape index (κ3) is 3.74. The Hall–Kier alpha value is -4.21. The van der Waals surface area contributed by atoms with Gasteiger partial charge in [-0.15, -0.1) is 0 Å². The number of rotatable bonds is 4. The highest BCUT2D eigenvalue weighted by molar-refractivity contribution is 5.91. The van der Waals surface area contributed by atoms with Crippen LogP contribution in [0.1, 0.15) is 63.3 Å². The number of fused-ring (bicyclic) bond motifs is 5. The van der Waals surface area contributed by atoms with Gasteiger partial charge in [-0.05, 0) is 63.4 Å². The number of carbonyl (C=O) groups excluding carboxylic acids is 3. The normalized spacial score (nSPS) is 17.9. The van der Waals surface area contributed by atoms with Crippen LogP contribution in [0, 0.1) is 5.41 Å². The van der Waals surface area contributed by atoms with E-state index < -0.39 is 29.0 Å². The number of hydrogen-bond donors (Lipinski definition) is 1. The zero-order valence-corrected chi connectivity index (χ0v) is 22.0. The van der Waals surface area contributed by atoms with E-state index in [0.717, 1.165) is 16.5 Å². The molecule has 0 bridgehead atoms. The number of cyclic esters (lactones) is 1. The monoisotopic (exact) mass is 519 g/mol. The number of aromatic nitrogens is 2. The highest BCUT2D eigenvalue weighted by Gasteiger charge is 2.51. The molecule has 1 amide bonds. The molecule has 0 spiro atoms. The number of primary amides is 1. The summed E-state index contributed by atoms with van der Waals surface area (Å²) in [6, 6.07) is 6.78. The van der Waals surface area contributed by atoms with Crippen molar-refractivity contribution >= 4 is 28.9 Å². The number of hydrogen-bond acceptors (Lipinski definition) is 8. The number of pyridine rings is 2. The highest BCUT2D eigenvalue weighted by atomic mass is 16.6. The molecule has 0 aliphatic carbocycles. The summed E-state index contributed by atoms with van der Waals surface area (Å²) in [5.74, 6) is -0.972. The van der Waals surface area contributed by atoms with Gasteiger partial charge in [-0.1, -0.05) is 13.8 Å². The fourth-order valence-corrected chi connectivity index (χ4v) is 5.19. The van der Waals surface area contributed by atoms with Crippen molar-refractivity contribution in [2.24, 2.45) is 11.1 Å². The molecule has 3 aromatic rings. The fraction of sp³-hybridized carbons (Fsp3) is 0.393. The lowest BCUT2D eigenvalue weighted by Gasteiger charge is -2.37. The van der Waals surface area contributed by atoms with Gasteiger partial charge in [0.2, 0.25) is 5.60 Å². The number of benzene rings is 1. The van der Waals surface area contributed by atoms with Crippen LogP contribution >= 0.6 is 0 Å². The summed E-state index contributed by atoms with van der Waals surface area (Å²) < 4.78 is 17.9. The smallest absolute Gasteiger partial charge is 0.409 e. The molecule has 38 heavy (non-hydrogen) atoms. The molecule has 2 aromatic heterocycles. The number of carbonyl (C=O) groups is 3. The Balaban J connectivity index is 1.73. The molecule has 10 nitrogen and oxygen atoms in total. The van der Waals surface area contributed by atoms with Gasteiger partial charge in [-0.3, -0.25) is 9.59 Å². The van der Waals surface area contributed by atoms with Crippen molar-refractivity contribution in [2.45, 2.75) is 66.2 Å².